The molecule has 0 aliphatic carbocycles. The minimum atomic E-state index is -0.613. The zero-order chi connectivity index (χ0) is 27.7. The smallest absolute Gasteiger partial charge is 0.322 e. The van der Waals surface area contributed by atoms with Crippen LogP contribution < -0.4 is 21.5 Å². The number of amides is 2. The Bertz CT molecular complexity index is 1760. The average Bonchev–Trinajstić information content (AvgIpc) is 3.30. The minimum Gasteiger partial charge on any atom is -0.424 e. The van der Waals surface area contributed by atoms with Gasteiger partial charge in [-0.25, -0.2) is 15.0 Å². The summed E-state index contributed by atoms with van der Waals surface area (Å²) in [6.45, 7) is 7.35. The van der Waals surface area contributed by atoms with Gasteiger partial charge in [-0.05, 0) is 55.3 Å². The predicted octanol–water partition coefficient (Wildman–Crippen LogP) is 5.64. The standard InChI is InChI=1S/C29H24N6O3S/c1-4-22(36)35-21-13-15(2)5-10-19(21)25-23(24-26(39-25)20(28(31)37)14-33-27(24)30)17-6-8-18(9-7-17)38-29-32-12-11-16(3)34-29/h4-14H,1H2,2-3H3,(H2,30,33)(H2,31,37)(H,35,36). The molecule has 0 aliphatic heterocycles. The first-order valence-electron chi connectivity index (χ1n) is 11.9. The number of pyridine rings is 1. The number of aromatic nitrogens is 3. The van der Waals surface area contributed by atoms with E-state index in [9.17, 15) is 9.59 Å². The van der Waals surface area contributed by atoms with E-state index in [1.165, 1.54) is 23.6 Å². The molecule has 0 saturated heterocycles. The summed E-state index contributed by atoms with van der Waals surface area (Å²) in [5, 5.41) is 3.49. The molecule has 5 N–H and O–H groups in total. The molecule has 39 heavy (non-hydrogen) atoms. The van der Waals surface area contributed by atoms with Crippen molar-refractivity contribution < 1.29 is 14.3 Å². The van der Waals surface area contributed by atoms with Gasteiger partial charge in [0.1, 0.15) is 11.6 Å². The molecule has 3 heterocycles. The van der Waals surface area contributed by atoms with Crippen LogP contribution in [0, 0.1) is 13.8 Å². The highest BCUT2D eigenvalue weighted by Gasteiger charge is 2.24. The summed E-state index contributed by atoms with van der Waals surface area (Å²) in [5.74, 6) is -0.158. The molecule has 2 aromatic carbocycles. The third-order valence-electron chi connectivity index (χ3n) is 6.00. The van der Waals surface area contributed by atoms with E-state index in [0.717, 1.165) is 32.8 Å². The van der Waals surface area contributed by atoms with Crippen molar-refractivity contribution in [2.45, 2.75) is 13.8 Å². The zero-order valence-electron chi connectivity index (χ0n) is 21.2. The molecule has 10 heteroatoms. The van der Waals surface area contributed by atoms with Crippen molar-refractivity contribution in [2.24, 2.45) is 5.73 Å². The van der Waals surface area contributed by atoms with Crippen molar-refractivity contribution in [2.75, 3.05) is 11.1 Å². The topological polar surface area (TPSA) is 146 Å². The maximum atomic E-state index is 12.3. The third-order valence-corrected chi connectivity index (χ3v) is 7.25. The van der Waals surface area contributed by atoms with Gasteiger partial charge in [-0.1, -0.05) is 30.8 Å². The Balaban J connectivity index is 1.72. The second-order valence-electron chi connectivity index (χ2n) is 8.78. The van der Waals surface area contributed by atoms with Gasteiger partial charge < -0.3 is 21.5 Å². The van der Waals surface area contributed by atoms with Gasteiger partial charge in [-0.15, -0.1) is 11.3 Å². The van der Waals surface area contributed by atoms with Gasteiger partial charge in [0.15, 0.2) is 0 Å². The average molecular weight is 537 g/mol. The van der Waals surface area contributed by atoms with E-state index < -0.39 is 5.91 Å². The van der Waals surface area contributed by atoms with Crippen LogP contribution in [0.4, 0.5) is 11.5 Å². The monoisotopic (exact) mass is 536 g/mol. The number of primary amides is 1. The largest absolute Gasteiger partial charge is 0.424 e. The third kappa shape index (κ3) is 5.05. The van der Waals surface area contributed by atoms with Crippen molar-refractivity contribution in [1.29, 1.82) is 0 Å². The Morgan fingerprint density at radius 1 is 1.08 bits per heavy atom. The second kappa shape index (κ2) is 10.3. The lowest BCUT2D eigenvalue weighted by Gasteiger charge is -2.13. The van der Waals surface area contributed by atoms with E-state index in [0.29, 0.717) is 21.5 Å². The van der Waals surface area contributed by atoms with Gasteiger partial charge in [-0.3, -0.25) is 9.59 Å². The number of hydrogen-bond acceptors (Lipinski definition) is 8. The predicted molar refractivity (Wildman–Crippen MR) is 154 cm³/mol. The van der Waals surface area contributed by atoms with Gasteiger partial charge in [-0.2, -0.15) is 0 Å². The number of carbonyl (C=O) groups excluding carboxylic acids is 2. The number of thiophene rings is 1. The number of aryl methyl sites for hydroxylation is 2. The van der Waals surface area contributed by atoms with Crippen LogP contribution >= 0.6 is 11.3 Å². The highest BCUT2D eigenvalue weighted by atomic mass is 32.1. The van der Waals surface area contributed by atoms with Gasteiger partial charge in [0, 0.05) is 45.2 Å². The SMILES string of the molecule is C=CC(=O)Nc1cc(C)ccc1-c1sc2c(C(N)=O)cnc(N)c2c1-c1ccc(Oc2nccc(C)n2)cc1. The number of nitrogens with two attached hydrogens (primary N) is 2. The summed E-state index contributed by atoms with van der Waals surface area (Å²) in [7, 11) is 0. The normalized spacial score (nSPS) is 10.8. The first-order chi connectivity index (χ1) is 18.7. The lowest BCUT2D eigenvalue weighted by molar-refractivity contribution is -0.111. The van der Waals surface area contributed by atoms with E-state index in [-0.39, 0.29) is 23.3 Å². The maximum absolute atomic E-state index is 12.3. The molecule has 194 valence electrons. The molecule has 3 aromatic heterocycles. The van der Waals surface area contributed by atoms with Crippen LogP contribution in [-0.2, 0) is 4.79 Å². The van der Waals surface area contributed by atoms with Crippen LogP contribution in [0.2, 0.25) is 0 Å². The second-order valence-corrected chi connectivity index (χ2v) is 9.80. The van der Waals surface area contributed by atoms with Crippen LogP contribution in [0.25, 0.3) is 31.7 Å². The number of nitrogen functional groups attached to an aromatic ring is 1. The lowest BCUT2D eigenvalue weighted by atomic mass is 9.97. The van der Waals surface area contributed by atoms with Crippen LogP contribution in [0.5, 0.6) is 11.8 Å². The fraction of sp³-hybridized carbons (Fsp3) is 0.0690. The number of carbonyl (C=O) groups is 2. The molecule has 5 rings (SSSR count). The quantitative estimate of drug-likeness (QED) is 0.228. The van der Waals surface area contributed by atoms with Crippen molar-refractivity contribution in [3.05, 3.63) is 90.4 Å². The minimum absolute atomic E-state index is 0.242. The number of ether oxygens (including phenoxy) is 1. The zero-order valence-corrected chi connectivity index (χ0v) is 22.0. The summed E-state index contributed by atoms with van der Waals surface area (Å²) < 4.78 is 6.43. The highest BCUT2D eigenvalue weighted by molar-refractivity contribution is 7.23. The Labute approximate surface area is 228 Å². The molecule has 0 fully saturated rings. The fourth-order valence-electron chi connectivity index (χ4n) is 4.18. The number of anilines is 2. The molecule has 0 atom stereocenters. The summed E-state index contributed by atoms with van der Waals surface area (Å²) in [4.78, 5) is 38.0. The van der Waals surface area contributed by atoms with Crippen molar-refractivity contribution in [1.82, 2.24) is 15.0 Å². The van der Waals surface area contributed by atoms with E-state index in [4.69, 9.17) is 16.2 Å². The van der Waals surface area contributed by atoms with Gasteiger partial charge in [0.05, 0.1) is 10.3 Å². The van der Waals surface area contributed by atoms with Crippen molar-refractivity contribution in [3.63, 3.8) is 0 Å². The van der Waals surface area contributed by atoms with E-state index >= 15 is 0 Å². The summed E-state index contributed by atoms with van der Waals surface area (Å²) in [5.41, 5.74) is 17.0. The Kier molecular flexibility index (Phi) is 6.78. The summed E-state index contributed by atoms with van der Waals surface area (Å²) in [6.07, 6.45) is 4.23. The Morgan fingerprint density at radius 2 is 1.85 bits per heavy atom. The van der Waals surface area contributed by atoms with Gasteiger partial charge in [0.2, 0.25) is 5.91 Å². The number of nitrogens with one attached hydrogen (secondary N) is 1. The number of benzene rings is 2. The molecular weight excluding hydrogens is 512 g/mol. The van der Waals surface area contributed by atoms with Crippen LogP contribution in [0.1, 0.15) is 21.6 Å². The van der Waals surface area contributed by atoms with Crippen LogP contribution in [-0.4, -0.2) is 26.8 Å². The van der Waals surface area contributed by atoms with Gasteiger partial charge in [0.25, 0.3) is 5.91 Å². The lowest BCUT2D eigenvalue weighted by Crippen LogP contribution is -2.11. The molecule has 0 spiro atoms. The maximum Gasteiger partial charge on any atom is 0.322 e. The van der Waals surface area contributed by atoms with E-state index in [2.05, 4.69) is 26.8 Å². The van der Waals surface area contributed by atoms with Crippen LogP contribution in [0.3, 0.4) is 0 Å². The van der Waals surface area contributed by atoms with Crippen LogP contribution in [0.15, 0.2) is 73.6 Å². The fourth-order valence-corrected chi connectivity index (χ4v) is 5.56. The molecule has 0 unspecified atom stereocenters. The molecule has 0 bridgehead atoms. The number of rotatable bonds is 7. The Hall–Kier alpha value is -5.09. The van der Waals surface area contributed by atoms with Gasteiger partial charge >= 0.3 is 6.01 Å². The highest BCUT2D eigenvalue weighted by Crippen LogP contribution is 2.49. The first kappa shape index (κ1) is 25.6. The van der Waals surface area contributed by atoms with E-state index in [1.54, 1.807) is 24.4 Å². The Morgan fingerprint density at radius 3 is 2.54 bits per heavy atom. The first-order valence-corrected chi connectivity index (χ1v) is 12.7. The summed E-state index contributed by atoms with van der Waals surface area (Å²) in [6, 6.07) is 15.1. The van der Waals surface area contributed by atoms with Crippen molar-refractivity contribution >= 4 is 44.7 Å². The molecule has 0 saturated carbocycles. The molecule has 9 nitrogen and oxygen atoms in total. The molecule has 0 aliphatic rings. The number of nitrogens with zero attached hydrogens (tertiary/aromatic N) is 3. The molecule has 2 amide bonds. The molecule has 0 radical (unpaired) electrons. The number of fused-ring (bicyclic) bond motifs is 1. The van der Waals surface area contributed by atoms with E-state index in [1.807, 2.05) is 44.2 Å². The number of hydrogen-bond donors (Lipinski definition) is 3. The molecule has 5 aromatic rings. The summed E-state index contributed by atoms with van der Waals surface area (Å²) >= 11 is 1.35. The van der Waals surface area contributed by atoms with Crippen molar-refractivity contribution in [3.8, 4) is 33.3 Å². The molecular formula is C29H24N6O3S.